The molecule has 17 heavy (non-hydrogen) atoms. The number of rotatable bonds is 0. The van der Waals surface area contributed by atoms with E-state index in [-0.39, 0.29) is 0 Å². The summed E-state index contributed by atoms with van der Waals surface area (Å²) in [6.07, 6.45) is 2.54. The molecule has 0 heterocycles. The number of benzene rings is 2. The highest BCUT2D eigenvalue weighted by molar-refractivity contribution is 9.09. The summed E-state index contributed by atoms with van der Waals surface area (Å²) >= 11 is 3.83. The molecule has 1 heteroatoms. The van der Waals surface area contributed by atoms with Crippen LogP contribution in [0.5, 0.6) is 0 Å². The van der Waals surface area contributed by atoms with E-state index >= 15 is 0 Å². The molecule has 88 valence electrons. The summed E-state index contributed by atoms with van der Waals surface area (Å²) in [6.45, 7) is 4.58. The third kappa shape index (κ3) is 1.72. The van der Waals surface area contributed by atoms with Gasteiger partial charge in [-0.25, -0.2) is 0 Å². The molecule has 0 fully saturated rings. The molecule has 0 aromatic heterocycles. The average molecular weight is 289 g/mol. The molecule has 2 unspecified atom stereocenters. The van der Waals surface area contributed by atoms with Crippen molar-refractivity contribution in [3.05, 3.63) is 47.0 Å². The highest BCUT2D eigenvalue weighted by atomic mass is 79.9. The number of halogens is 1. The zero-order chi connectivity index (χ0) is 12.0. The molecule has 3 rings (SSSR count). The minimum Gasteiger partial charge on any atom is -0.0839 e. The Morgan fingerprint density at radius 1 is 1.12 bits per heavy atom. The number of fused-ring (bicyclic) bond motifs is 3. The molecule has 0 bridgehead atoms. The van der Waals surface area contributed by atoms with Crippen molar-refractivity contribution in [1.29, 1.82) is 0 Å². The molecule has 1 aliphatic rings. The van der Waals surface area contributed by atoms with Gasteiger partial charge in [-0.3, -0.25) is 0 Å². The molecule has 0 saturated heterocycles. The van der Waals surface area contributed by atoms with Gasteiger partial charge in [0.15, 0.2) is 0 Å². The average Bonchev–Trinajstić information content (AvgIpc) is 2.34. The first-order valence-electron chi connectivity index (χ1n) is 6.34. The predicted molar refractivity (Wildman–Crippen MR) is 78.0 cm³/mol. The lowest BCUT2D eigenvalue weighted by Crippen LogP contribution is -2.10. The molecule has 0 aliphatic heterocycles. The third-order valence-corrected chi connectivity index (χ3v) is 4.96. The van der Waals surface area contributed by atoms with Crippen LogP contribution in [0.15, 0.2) is 30.3 Å². The molecule has 0 nitrogen and oxygen atoms in total. The standard InChI is InChI=1S/C16H17Br/c1-10-7-8-15(17)14-9-11(2)12-5-3-4-6-13(12)16(10)14/h3-6,9-10,15H,7-8H2,1-2H3. The van der Waals surface area contributed by atoms with Gasteiger partial charge >= 0.3 is 0 Å². The fraction of sp³-hybridized carbons (Fsp3) is 0.375. The Kier molecular flexibility index (Phi) is 2.74. The van der Waals surface area contributed by atoms with Crippen molar-refractivity contribution in [3.63, 3.8) is 0 Å². The van der Waals surface area contributed by atoms with Gasteiger partial charge < -0.3 is 0 Å². The second-order valence-electron chi connectivity index (χ2n) is 5.19. The van der Waals surface area contributed by atoms with Gasteiger partial charge in [-0.15, -0.1) is 0 Å². The fourth-order valence-corrected chi connectivity index (χ4v) is 3.75. The van der Waals surface area contributed by atoms with Crippen molar-refractivity contribution in [1.82, 2.24) is 0 Å². The van der Waals surface area contributed by atoms with Gasteiger partial charge in [-0.05, 0) is 53.1 Å². The Balaban J connectivity index is 2.41. The molecule has 2 aromatic rings. The zero-order valence-corrected chi connectivity index (χ0v) is 11.9. The number of aryl methyl sites for hydroxylation is 1. The second kappa shape index (κ2) is 4.13. The lowest BCUT2D eigenvalue weighted by Gasteiger charge is -2.28. The summed E-state index contributed by atoms with van der Waals surface area (Å²) in [7, 11) is 0. The summed E-state index contributed by atoms with van der Waals surface area (Å²) < 4.78 is 0. The first kappa shape index (κ1) is 11.3. The van der Waals surface area contributed by atoms with Crippen molar-refractivity contribution in [2.45, 2.75) is 37.4 Å². The lowest BCUT2D eigenvalue weighted by atomic mass is 9.80. The van der Waals surface area contributed by atoms with Crippen LogP contribution in [0, 0.1) is 6.92 Å². The Bertz CT molecular complexity index is 571. The highest BCUT2D eigenvalue weighted by Crippen LogP contribution is 2.45. The molecule has 0 radical (unpaired) electrons. The predicted octanol–water partition coefficient (Wildman–Crippen LogP) is 5.48. The monoisotopic (exact) mass is 288 g/mol. The summed E-state index contributed by atoms with van der Waals surface area (Å²) in [4.78, 5) is 0.539. The van der Waals surface area contributed by atoms with E-state index in [1.807, 2.05) is 0 Å². The molecule has 0 N–H and O–H groups in total. The Hall–Kier alpha value is -0.820. The van der Waals surface area contributed by atoms with Crippen LogP contribution in [0.25, 0.3) is 10.8 Å². The smallest absolute Gasteiger partial charge is 0.0398 e. The van der Waals surface area contributed by atoms with Crippen LogP contribution >= 0.6 is 15.9 Å². The van der Waals surface area contributed by atoms with E-state index in [1.165, 1.54) is 34.7 Å². The van der Waals surface area contributed by atoms with E-state index in [2.05, 4.69) is 60.1 Å². The number of hydrogen-bond acceptors (Lipinski definition) is 0. The maximum Gasteiger partial charge on any atom is 0.0398 e. The number of alkyl halides is 1. The van der Waals surface area contributed by atoms with Crippen molar-refractivity contribution in [2.75, 3.05) is 0 Å². The maximum atomic E-state index is 3.83. The molecule has 2 atom stereocenters. The zero-order valence-electron chi connectivity index (χ0n) is 10.3. The largest absolute Gasteiger partial charge is 0.0839 e. The normalized spacial score (nSPS) is 23.7. The van der Waals surface area contributed by atoms with Crippen LogP contribution in [-0.4, -0.2) is 0 Å². The van der Waals surface area contributed by atoms with Gasteiger partial charge in [0.2, 0.25) is 0 Å². The van der Waals surface area contributed by atoms with E-state index in [9.17, 15) is 0 Å². The molecule has 1 aliphatic carbocycles. The first-order valence-corrected chi connectivity index (χ1v) is 7.26. The maximum absolute atomic E-state index is 3.83. The van der Waals surface area contributed by atoms with Gasteiger partial charge in [0.25, 0.3) is 0 Å². The quantitative estimate of drug-likeness (QED) is 0.563. The van der Waals surface area contributed by atoms with Crippen molar-refractivity contribution < 1.29 is 0 Å². The van der Waals surface area contributed by atoms with E-state index in [0.29, 0.717) is 10.7 Å². The Morgan fingerprint density at radius 2 is 1.82 bits per heavy atom. The van der Waals surface area contributed by atoms with Crippen molar-refractivity contribution in [2.24, 2.45) is 0 Å². The fourth-order valence-electron chi connectivity index (χ4n) is 3.11. The van der Waals surface area contributed by atoms with Gasteiger partial charge in [-0.1, -0.05) is 53.2 Å². The van der Waals surface area contributed by atoms with Crippen molar-refractivity contribution >= 4 is 26.7 Å². The lowest BCUT2D eigenvalue weighted by molar-refractivity contribution is 0.591. The summed E-state index contributed by atoms with van der Waals surface area (Å²) in [5.41, 5.74) is 4.48. The van der Waals surface area contributed by atoms with Crippen LogP contribution in [-0.2, 0) is 0 Å². The van der Waals surface area contributed by atoms with Crippen LogP contribution < -0.4 is 0 Å². The van der Waals surface area contributed by atoms with Crippen LogP contribution in [0.1, 0.15) is 47.2 Å². The molecule has 0 amide bonds. The van der Waals surface area contributed by atoms with Gasteiger partial charge in [0.1, 0.15) is 0 Å². The van der Waals surface area contributed by atoms with Crippen molar-refractivity contribution in [3.8, 4) is 0 Å². The Morgan fingerprint density at radius 3 is 2.59 bits per heavy atom. The third-order valence-electron chi connectivity index (χ3n) is 4.01. The van der Waals surface area contributed by atoms with Gasteiger partial charge in [0, 0.05) is 4.83 Å². The van der Waals surface area contributed by atoms with Crippen LogP contribution in [0.3, 0.4) is 0 Å². The van der Waals surface area contributed by atoms with Gasteiger partial charge in [-0.2, -0.15) is 0 Å². The SMILES string of the molecule is Cc1cc2c(c3ccccc13)C(C)CCC2Br. The minimum atomic E-state index is 0.539. The van der Waals surface area contributed by atoms with Crippen LogP contribution in [0.4, 0.5) is 0 Å². The summed E-state index contributed by atoms with van der Waals surface area (Å²) in [5.74, 6) is 0.685. The van der Waals surface area contributed by atoms with E-state index in [0.717, 1.165) is 0 Å². The molecular weight excluding hydrogens is 272 g/mol. The summed E-state index contributed by atoms with van der Waals surface area (Å²) in [6, 6.07) is 11.2. The number of hydrogen-bond donors (Lipinski definition) is 0. The summed E-state index contributed by atoms with van der Waals surface area (Å²) in [5, 5.41) is 2.87. The minimum absolute atomic E-state index is 0.539. The Labute approximate surface area is 111 Å². The van der Waals surface area contributed by atoms with Crippen LogP contribution in [0.2, 0.25) is 0 Å². The van der Waals surface area contributed by atoms with E-state index in [4.69, 9.17) is 0 Å². The topological polar surface area (TPSA) is 0 Å². The molecule has 2 aromatic carbocycles. The highest BCUT2D eigenvalue weighted by Gasteiger charge is 2.25. The first-order chi connectivity index (χ1) is 8.18. The second-order valence-corrected chi connectivity index (χ2v) is 6.29. The van der Waals surface area contributed by atoms with E-state index < -0.39 is 0 Å². The molecular formula is C16H17Br. The molecule has 0 spiro atoms. The molecule has 0 saturated carbocycles. The van der Waals surface area contributed by atoms with E-state index in [1.54, 1.807) is 5.56 Å². The van der Waals surface area contributed by atoms with Gasteiger partial charge in [0.05, 0.1) is 0 Å².